The number of carbonyl (C=O) groups excluding carboxylic acids is 2. The molecule has 1 fully saturated rings. The quantitative estimate of drug-likeness (QED) is 0.239. The number of carbonyl (C=O) groups is 2. The first kappa shape index (κ1) is 25.6. The Labute approximate surface area is 213 Å². The summed E-state index contributed by atoms with van der Waals surface area (Å²) in [6.45, 7) is 2.82. The number of nitrogens with zero attached hydrogens (tertiary/aromatic N) is 2. The van der Waals surface area contributed by atoms with Gasteiger partial charge in [-0.05, 0) is 36.4 Å². The number of amides is 2. The third-order valence-electron chi connectivity index (χ3n) is 5.94. The van der Waals surface area contributed by atoms with Gasteiger partial charge in [-0.25, -0.2) is 0 Å². The van der Waals surface area contributed by atoms with Crippen molar-refractivity contribution in [2.75, 3.05) is 54.7 Å². The van der Waals surface area contributed by atoms with Gasteiger partial charge < -0.3 is 30.7 Å². The second kappa shape index (κ2) is 11.5. The predicted molar refractivity (Wildman–Crippen MR) is 140 cm³/mol. The number of benzene rings is 3. The van der Waals surface area contributed by atoms with Gasteiger partial charge in [0.1, 0.15) is 5.69 Å². The Morgan fingerprint density at radius 1 is 1.03 bits per heavy atom. The van der Waals surface area contributed by atoms with Crippen molar-refractivity contribution in [2.45, 2.75) is 6.61 Å². The molecule has 11 nitrogen and oxygen atoms in total. The number of hydrogen-bond donors (Lipinski definition) is 3. The summed E-state index contributed by atoms with van der Waals surface area (Å²) in [5, 5.41) is 16.9. The zero-order valence-electron chi connectivity index (χ0n) is 20.2. The van der Waals surface area contributed by atoms with Gasteiger partial charge in [-0.15, -0.1) is 0 Å². The Morgan fingerprint density at radius 2 is 1.76 bits per heavy atom. The van der Waals surface area contributed by atoms with Gasteiger partial charge in [0.05, 0.1) is 41.7 Å². The molecule has 2 amide bonds. The van der Waals surface area contributed by atoms with E-state index in [2.05, 4.69) is 15.5 Å². The van der Waals surface area contributed by atoms with Gasteiger partial charge in [0.15, 0.2) is 0 Å². The van der Waals surface area contributed by atoms with E-state index in [1.165, 1.54) is 25.3 Å². The zero-order valence-corrected chi connectivity index (χ0v) is 20.2. The molecule has 0 bridgehead atoms. The molecule has 1 saturated heterocycles. The van der Waals surface area contributed by atoms with Crippen LogP contribution in [0.25, 0.3) is 0 Å². The molecule has 3 aromatic rings. The second-order valence-electron chi connectivity index (χ2n) is 8.33. The molecule has 4 N–H and O–H groups in total. The van der Waals surface area contributed by atoms with Crippen molar-refractivity contribution in [1.82, 2.24) is 0 Å². The molecule has 0 aromatic heterocycles. The number of nitro groups is 1. The molecule has 1 heterocycles. The van der Waals surface area contributed by atoms with E-state index in [9.17, 15) is 19.7 Å². The van der Waals surface area contributed by atoms with Crippen molar-refractivity contribution in [3.05, 3.63) is 87.5 Å². The van der Waals surface area contributed by atoms with E-state index in [1.807, 2.05) is 24.3 Å². The van der Waals surface area contributed by atoms with E-state index < -0.39 is 10.8 Å². The first-order valence-electron chi connectivity index (χ1n) is 11.6. The number of nitrogens with one attached hydrogen (secondary N) is 2. The van der Waals surface area contributed by atoms with Gasteiger partial charge in [0.2, 0.25) is 0 Å². The molecule has 1 aliphatic rings. The molecule has 3 aromatic carbocycles. The monoisotopic (exact) mass is 505 g/mol. The number of morpholine rings is 1. The smallest absolute Gasteiger partial charge is 0.292 e. The average Bonchev–Trinajstić information content (AvgIpc) is 2.90. The van der Waals surface area contributed by atoms with Crippen LogP contribution in [0.3, 0.4) is 0 Å². The minimum atomic E-state index is -0.646. The van der Waals surface area contributed by atoms with Crippen LogP contribution in [0.1, 0.15) is 26.3 Å². The molecule has 0 spiro atoms. The molecule has 1 aliphatic heterocycles. The molecule has 11 heteroatoms. The predicted octanol–water partition coefficient (Wildman–Crippen LogP) is 3.66. The SMILES string of the molecule is COCc1cc(C(=O)Nc2ccccc2N2CCOCC2)ccc1NC(=O)c1cccc([N+](=O)[O-])c1N. The van der Waals surface area contributed by atoms with Crippen molar-refractivity contribution in [3.8, 4) is 0 Å². The van der Waals surface area contributed by atoms with Crippen LogP contribution in [0.4, 0.5) is 28.4 Å². The van der Waals surface area contributed by atoms with E-state index in [0.717, 1.165) is 18.8 Å². The van der Waals surface area contributed by atoms with Gasteiger partial charge in [0, 0.05) is 43.1 Å². The van der Waals surface area contributed by atoms with Gasteiger partial charge >= 0.3 is 0 Å². The number of rotatable bonds is 8. The van der Waals surface area contributed by atoms with Gasteiger partial charge in [-0.1, -0.05) is 18.2 Å². The minimum absolute atomic E-state index is 0.0286. The molecule has 0 atom stereocenters. The van der Waals surface area contributed by atoms with Crippen molar-refractivity contribution in [1.29, 1.82) is 0 Å². The van der Waals surface area contributed by atoms with Crippen molar-refractivity contribution in [2.24, 2.45) is 0 Å². The summed E-state index contributed by atoms with van der Waals surface area (Å²) >= 11 is 0. The summed E-state index contributed by atoms with van der Waals surface area (Å²) in [7, 11) is 1.50. The fraction of sp³-hybridized carbons (Fsp3) is 0.231. The zero-order chi connectivity index (χ0) is 26.4. The summed E-state index contributed by atoms with van der Waals surface area (Å²) in [6.07, 6.45) is 0. The van der Waals surface area contributed by atoms with Crippen LogP contribution in [0, 0.1) is 10.1 Å². The van der Waals surface area contributed by atoms with Gasteiger partial charge in [0.25, 0.3) is 17.5 Å². The molecule has 0 radical (unpaired) electrons. The number of ether oxygens (including phenoxy) is 2. The highest BCUT2D eigenvalue weighted by Crippen LogP contribution is 2.29. The summed E-state index contributed by atoms with van der Waals surface area (Å²) in [5.41, 5.74) is 8.15. The fourth-order valence-electron chi connectivity index (χ4n) is 4.09. The number of hydrogen-bond acceptors (Lipinski definition) is 8. The number of anilines is 4. The third kappa shape index (κ3) is 5.85. The van der Waals surface area contributed by atoms with Crippen LogP contribution in [0.5, 0.6) is 0 Å². The fourth-order valence-corrected chi connectivity index (χ4v) is 4.09. The minimum Gasteiger partial charge on any atom is -0.393 e. The lowest BCUT2D eigenvalue weighted by molar-refractivity contribution is -0.383. The topological polar surface area (TPSA) is 149 Å². The highest BCUT2D eigenvalue weighted by molar-refractivity contribution is 6.10. The van der Waals surface area contributed by atoms with E-state index in [4.69, 9.17) is 15.2 Å². The number of nitro benzene ring substituents is 1. The standard InChI is InChI=1S/C26H27N5O6/c1-36-16-18-15-17(25(32)29-21-6-2-3-7-22(21)30-11-13-37-14-12-30)9-10-20(18)28-26(33)19-5-4-8-23(24(19)27)31(34)35/h2-10,15H,11-14,16,27H2,1H3,(H,28,33)(H,29,32). The summed E-state index contributed by atoms with van der Waals surface area (Å²) < 4.78 is 10.7. The molecule has 0 saturated carbocycles. The van der Waals surface area contributed by atoms with Crippen LogP contribution in [-0.2, 0) is 16.1 Å². The number of nitrogen functional groups attached to an aromatic ring is 1. The third-order valence-corrected chi connectivity index (χ3v) is 5.94. The Balaban J connectivity index is 1.55. The highest BCUT2D eigenvalue weighted by Gasteiger charge is 2.21. The van der Waals surface area contributed by atoms with Crippen LogP contribution < -0.4 is 21.3 Å². The maximum absolute atomic E-state index is 13.1. The first-order valence-corrected chi connectivity index (χ1v) is 11.6. The van der Waals surface area contributed by atoms with Gasteiger partial charge in [-0.3, -0.25) is 19.7 Å². The Kier molecular flexibility index (Phi) is 7.96. The average molecular weight is 506 g/mol. The molecular weight excluding hydrogens is 478 g/mol. The molecule has 37 heavy (non-hydrogen) atoms. The number of nitrogens with two attached hydrogens (primary N) is 1. The molecular formula is C26H27N5O6. The van der Waals surface area contributed by atoms with E-state index in [1.54, 1.807) is 18.2 Å². The Hall–Kier alpha value is -4.48. The maximum atomic E-state index is 13.1. The van der Waals surface area contributed by atoms with Crippen LogP contribution in [0.15, 0.2) is 60.7 Å². The van der Waals surface area contributed by atoms with Crippen molar-refractivity contribution >= 4 is 40.3 Å². The lowest BCUT2D eigenvalue weighted by Crippen LogP contribution is -2.36. The first-order chi connectivity index (χ1) is 17.9. The largest absolute Gasteiger partial charge is 0.393 e. The molecule has 0 unspecified atom stereocenters. The lowest BCUT2D eigenvalue weighted by Gasteiger charge is -2.30. The normalized spacial score (nSPS) is 13.2. The Bertz CT molecular complexity index is 1320. The van der Waals surface area contributed by atoms with Crippen LogP contribution in [0.2, 0.25) is 0 Å². The summed E-state index contributed by atoms with van der Waals surface area (Å²) in [4.78, 5) is 38.7. The van der Waals surface area contributed by atoms with Crippen LogP contribution in [-0.4, -0.2) is 50.2 Å². The van der Waals surface area contributed by atoms with E-state index in [-0.39, 0.29) is 29.5 Å². The van der Waals surface area contributed by atoms with E-state index in [0.29, 0.717) is 35.7 Å². The molecule has 192 valence electrons. The second-order valence-corrected chi connectivity index (χ2v) is 8.33. The molecule has 0 aliphatic carbocycles. The van der Waals surface area contributed by atoms with Gasteiger partial charge in [-0.2, -0.15) is 0 Å². The maximum Gasteiger partial charge on any atom is 0.292 e. The highest BCUT2D eigenvalue weighted by atomic mass is 16.6. The molecule has 4 rings (SSSR count). The lowest BCUT2D eigenvalue weighted by atomic mass is 10.1. The van der Waals surface area contributed by atoms with E-state index >= 15 is 0 Å². The van der Waals surface area contributed by atoms with Crippen LogP contribution >= 0.6 is 0 Å². The van der Waals surface area contributed by atoms with Crippen molar-refractivity contribution in [3.63, 3.8) is 0 Å². The summed E-state index contributed by atoms with van der Waals surface area (Å²) in [6, 6.07) is 16.4. The van der Waals surface area contributed by atoms with Crippen molar-refractivity contribution < 1.29 is 24.0 Å². The number of para-hydroxylation sites is 3. The summed E-state index contributed by atoms with van der Waals surface area (Å²) in [5.74, 6) is -0.936. The Morgan fingerprint density at radius 3 is 2.49 bits per heavy atom. The number of methoxy groups -OCH3 is 1.